The van der Waals surface area contributed by atoms with E-state index < -0.39 is 12.5 Å². The van der Waals surface area contributed by atoms with Gasteiger partial charge in [-0.05, 0) is 87.1 Å². The minimum absolute atomic E-state index is 0.0173. The number of aromatic nitrogens is 6. The quantitative estimate of drug-likeness (QED) is 0.0535. The number of piperidine rings is 2. The molecule has 2 aromatic carbocycles. The number of carbonyl (C=O) groups excluding carboxylic acids is 2. The zero-order valence-corrected chi connectivity index (χ0v) is 42.6. The third-order valence-electron chi connectivity index (χ3n) is 12.5. The molecule has 2 aliphatic rings. The van der Waals surface area contributed by atoms with Crippen molar-refractivity contribution in [1.82, 2.24) is 39.7 Å². The molecule has 2 amide bonds. The van der Waals surface area contributed by atoms with Gasteiger partial charge in [-0.1, -0.05) is 59.1 Å². The average Bonchev–Trinajstić information content (AvgIpc) is 3.35. The number of rotatable bonds is 17. The van der Waals surface area contributed by atoms with Crippen molar-refractivity contribution < 1.29 is 19.1 Å². The van der Waals surface area contributed by atoms with Crippen LogP contribution in [0, 0.1) is 5.92 Å². The van der Waals surface area contributed by atoms with Gasteiger partial charge in [-0.15, -0.1) is 0 Å². The Morgan fingerprint density at radius 1 is 0.725 bits per heavy atom. The second kappa shape index (κ2) is 22.2. The summed E-state index contributed by atoms with van der Waals surface area (Å²) in [5.41, 5.74) is 2.43. The summed E-state index contributed by atoms with van der Waals surface area (Å²) in [6.45, 7) is 7.28. The maximum Gasteiger partial charge on any atom is 0.293 e. The highest BCUT2D eigenvalue weighted by atomic mass is 127. The second-order valence-electron chi connectivity index (χ2n) is 17.2. The van der Waals surface area contributed by atoms with E-state index in [2.05, 4.69) is 65.6 Å². The van der Waals surface area contributed by atoms with Crippen LogP contribution < -0.4 is 51.7 Å². The third-order valence-corrected chi connectivity index (χ3v) is 14.4. The molecule has 21 heteroatoms. The topological polar surface area (TPSA) is 203 Å². The number of amides is 2. The van der Waals surface area contributed by atoms with Gasteiger partial charge < -0.3 is 49.7 Å². The van der Waals surface area contributed by atoms with E-state index in [1.165, 1.54) is 15.6 Å². The molecule has 6 aromatic rings. The number of likely N-dealkylation sites (N-methyl/N-ethyl adjacent to an activating group) is 1. The summed E-state index contributed by atoms with van der Waals surface area (Å²) >= 11 is 16.0. The SMILES string of the molecule is CCNC(=O)COc1cc2cc(Nc3nc(N4CCC(I)CC4)nc(CCNC(=O)COc4cc5cc(Nc6nc(N7CCC(CC)CC7)ncc6Cl)ccc5n(C)c4=O)c3Cl)ccc2n(C)c1=O. The van der Waals surface area contributed by atoms with Crippen LogP contribution in [0.5, 0.6) is 11.5 Å². The lowest BCUT2D eigenvalue weighted by atomic mass is 9.95. The lowest BCUT2D eigenvalue weighted by Crippen LogP contribution is -2.35. The van der Waals surface area contributed by atoms with Crippen molar-refractivity contribution in [2.24, 2.45) is 20.0 Å². The molecule has 2 aliphatic heterocycles. The maximum atomic E-state index is 13.4. The number of pyridine rings is 2. The second-order valence-corrected chi connectivity index (χ2v) is 19.7. The molecule has 6 heterocycles. The molecule has 18 nitrogen and oxygen atoms in total. The Bertz CT molecular complexity index is 2990. The Labute approximate surface area is 422 Å². The molecule has 364 valence electrons. The number of carbonyl (C=O) groups is 2. The van der Waals surface area contributed by atoms with E-state index in [-0.39, 0.29) is 53.1 Å². The first-order chi connectivity index (χ1) is 33.3. The first-order valence-electron chi connectivity index (χ1n) is 23.1. The number of fused-ring (bicyclic) bond motifs is 2. The molecule has 0 saturated carbocycles. The van der Waals surface area contributed by atoms with Gasteiger partial charge in [0.2, 0.25) is 11.9 Å². The van der Waals surface area contributed by atoms with Gasteiger partial charge in [0.15, 0.2) is 36.3 Å². The Balaban J connectivity index is 0.940. The number of nitrogens with one attached hydrogen (secondary N) is 4. The molecule has 2 fully saturated rings. The number of benzene rings is 2. The van der Waals surface area contributed by atoms with Gasteiger partial charge in [-0.3, -0.25) is 19.2 Å². The molecule has 0 atom stereocenters. The minimum atomic E-state index is -0.437. The molecule has 0 aliphatic carbocycles. The van der Waals surface area contributed by atoms with E-state index >= 15 is 0 Å². The molecule has 0 radical (unpaired) electrons. The smallest absolute Gasteiger partial charge is 0.293 e. The molecule has 0 bridgehead atoms. The van der Waals surface area contributed by atoms with Gasteiger partial charge in [-0.25, -0.2) is 9.97 Å². The van der Waals surface area contributed by atoms with Crippen LogP contribution in [0.1, 0.15) is 51.6 Å². The number of nitrogens with zero attached hydrogens (tertiary/aromatic N) is 8. The van der Waals surface area contributed by atoms with Crippen molar-refractivity contribution in [2.45, 2.75) is 56.3 Å². The molecular weight excluding hydrogens is 1040 g/mol. The van der Waals surface area contributed by atoms with Gasteiger partial charge >= 0.3 is 0 Å². The summed E-state index contributed by atoms with van der Waals surface area (Å²) in [6.07, 6.45) is 7.20. The molecule has 4 N–H and O–H groups in total. The fourth-order valence-electron chi connectivity index (χ4n) is 8.51. The summed E-state index contributed by atoms with van der Waals surface area (Å²) < 4.78 is 15.0. The van der Waals surface area contributed by atoms with E-state index in [9.17, 15) is 19.2 Å². The molecule has 0 spiro atoms. The average molecular weight is 1090 g/mol. The van der Waals surface area contributed by atoms with Gasteiger partial charge in [0.1, 0.15) is 10.0 Å². The van der Waals surface area contributed by atoms with Crippen molar-refractivity contribution in [3.05, 3.63) is 91.2 Å². The van der Waals surface area contributed by atoms with Crippen LogP contribution in [0.3, 0.4) is 0 Å². The Kier molecular flexibility index (Phi) is 15.9. The number of hydrogen-bond acceptors (Lipinski definition) is 14. The highest BCUT2D eigenvalue weighted by Gasteiger charge is 2.24. The standard InChI is InChI=1S/C48H55Cl2IN12O6/c1-5-28-12-17-62(18-13-28)47-54-25-34(49)43(58-47)55-32-7-9-36-29(21-32)23-39(46(67)60(36)3)69-27-41(65)53-16-11-35-42(50)44(59-48(57-35)63-19-14-31(51)15-20-63)56-33-8-10-37-30(22-33)24-38(45(66)61(37)4)68-26-40(64)52-6-2/h7-10,21-25,28,31H,5-6,11-20,26-27H2,1-4H3,(H,52,64)(H,53,65)(H,54,55,58)(H,56,57,59). The van der Waals surface area contributed by atoms with Crippen LogP contribution in [0.2, 0.25) is 10.0 Å². The lowest BCUT2D eigenvalue weighted by molar-refractivity contribution is -0.123. The van der Waals surface area contributed by atoms with E-state index in [0.717, 1.165) is 57.8 Å². The van der Waals surface area contributed by atoms with Gasteiger partial charge in [0, 0.05) is 85.9 Å². The number of aryl methyl sites for hydroxylation is 2. The monoisotopic (exact) mass is 1090 g/mol. The van der Waals surface area contributed by atoms with E-state index in [1.807, 2.05) is 30.3 Å². The van der Waals surface area contributed by atoms with Crippen molar-refractivity contribution in [3.8, 4) is 11.5 Å². The van der Waals surface area contributed by atoms with Crippen LogP contribution in [0.25, 0.3) is 21.8 Å². The van der Waals surface area contributed by atoms with E-state index in [4.69, 9.17) is 47.6 Å². The number of anilines is 6. The Hall–Kier alpha value is -5.93. The summed E-state index contributed by atoms with van der Waals surface area (Å²) in [4.78, 5) is 75.0. The summed E-state index contributed by atoms with van der Waals surface area (Å²) in [5.74, 6) is 2.00. The predicted octanol–water partition coefficient (Wildman–Crippen LogP) is 7.05. The molecule has 69 heavy (non-hydrogen) atoms. The van der Waals surface area contributed by atoms with Crippen molar-refractivity contribution >= 4 is 114 Å². The highest BCUT2D eigenvalue weighted by Crippen LogP contribution is 2.33. The Morgan fingerprint density at radius 3 is 1.84 bits per heavy atom. The van der Waals surface area contributed by atoms with Crippen LogP contribution in [0.15, 0.2) is 64.3 Å². The number of halogens is 3. The van der Waals surface area contributed by atoms with E-state index in [1.54, 1.807) is 45.4 Å². The van der Waals surface area contributed by atoms with Crippen LogP contribution in [-0.2, 0) is 30.1 Å². The van der Waals surface area contributed by atoms with Gasteiger partial charge in [-0.2, -0.15) is 9.97 Å². The molecule has 4 aromatic heterocycles. The van der Waals surface area contributed by atoms with Crippen molar-refractivity contribution in [2.75, 3.05) is 72.9 Å². The fraction of sp³-hybridized carbons (Fsp3) is 0.417. The van der Waals surface area contributed by atoms with Crippen molar-refractivity contribution in [1.29, 1.82) is 0 Å². The largest absolute Gasteiger partial charge is 0.478 e. The van der Waals surface area contributed by atoms with Crippen LogP contribution in [-0.4, -0.2) is 97.3 Å². The minimum Gasteiger partial charge on any atom is -0.478 e. The van der Waals surface area contributed by atoms with E-state index in [0.29, 0.717) is 77.9 Å². The van der Waals surface area contributed by atoms with Crippen LogP contribution >= 0.6 is 45.8 Å². The summed E-state index contributed by atoms with van der Waals surface area (Å²) in [5, 5.41) is 14.3. The molecule has 2 saturated heterocycles. The maximum absolute atomic E-state index is 13.4. The third kappa shape index (κ3) is 11.7. The lowest BCUT2D eigenvalue weighted by Gasteiger charge is -2.31. The number of alkyl halides is 1. The normalized spacial score (nSPS) is 14.5. The first kappa shape index (κ1) is 49.5. The van der Waals surface area contributed by atoms with Gasteiger partial charge in [0.25, 0.3) is 22.9 Å². The molecule has 8 rings (SSSR count). The molecular formula is C48H55Cl2IN12O6. The molecule has 0 unspecified atom stereocenters. The zero-order valence-electron chi connectivity index (χ0n) is 38.9. The first-order valence-corrected chi connectivity index (χ1v) is 25.1. The number of ether oxygens (including phenoxy) is 2. The highest BCUT2D eigenvalue weighted by molar-refractivity contribution is 14.1. The zero-order chi connectivity index (χ0) is 48.8. The fourth-order valence-corrected chi connectivity index (χ4v) is 9.43. The van der Waals surface area contributed by atoms with Gasteiger partial charge in [0.05, 0.1) is 22.9 Å². The van der Waals surface area contributed by atoms with Crippen molar-refractivity contribution in [3.63, 3.8) is 0 Å². The predicted molar refractivity (Wildman–Crippen MR) is 280 cm³/mol. The van der Waals surface area contributed by atoms with Crippen LogP contribution in [0.4, 0.5) is 34.9 Å². The Morgan fingerprint density at radius 2 is 1.26 bits per heavy atom. The number of hydrogen-bond donors (Lipinski definition) is 4. The summed E-state index contributed by atoms with van der Waals surface area (Å²) in [7, 11) is 3.30. The summed E-state index contributed by atoms with van der Waals surface area (Å²) in [6, 6.07) is 14.2.